The van der Waals surface area contributed by atoms with Gasteiger partial charge in [-0.25, -0.2) is 9.97 Å². The predicted molar refractivity (Wildman–Crippen MR) is 56.3 cm³/mol. The average Bonchev–Trinajstić information content (AvgIpc) is 2.52. The van der Waals surface area contributed by atoms with E-state index in [1.807, 2.05) is 13.0 Å². The zero-order chi connectivity index (χ0) is 9.26. The fourth-order valence-corrected chi connectivity index (χ4v) is 2.09. The van der Waals surface area contributed by atoms with Gasteiger partial charge in [0.1, 0.15) is 12.1 Å². The summed E-state index contributed by atoms with van der Waals surface area (Å²) in [6.45, 7) is 4.13. The maximum absolute atomic E-state index is 4.25. The second-order valence-corrected chi connectivity index (χ2v) is 4.64. The number of rotatable bonds is 1. The molecule has 4 heteroatoms. The maximum atomic E-state index is 4.25. The van der Waals surface area contributed by atoms with Gasteiger partial charge in [-0.3, -0.25) is 0 Å². The normalized spacial score (nSPS) is 22.3. The van der Waals surface area contributed by atoms with Crippen molar-refractivity contribution < 1.29 is 0 Å². The van der Waals surface area contributed by atoms with Gasteiger partial charge < -0.3 is 4.90 Å². The molecule has 3 nitrogen and oxygen atoms in total. The second-order valence-electron chi connectivity index (χ2n) is 3.35. The van der Waals surface area contributed by atoms with E-state index in [4.69, 9.17) is 0 Å². The number of anilines is 1. The Kier molecular flexibility index (Phi) is 2.49. The lowest BCUT2D eigenvalue weighted by Gasteiger charge is -2.16. The number of aryl methyl sites for hydroxylation is 1. The van der Waals surface area contributed by atoms with E-state index in [0.29, 0.717) is 4.83 Å². The fraction of sp³-hybridized carbons (Fsp3) is 0.556. The van der Waals surface area contributed by atoms with Crippen molar-refractivity contribution in [3.8, 4) is 0 Å². The van der Waals surface area contributed by atoms with Crippen LogP contribution in [0.1, 0.15) is 12.1 Å². The molecule has 1 aliphatic heterocycles. The summed E-state index contributed by atoms with van der Waals surface area (Å²) in [4.78, 5) is 11.2. The van der Waals surface area contributed by atoms with E-state index >= 15 is 0 Å². The molecule has 0 saturated carbocycles. The SMILES string of the molecule is Cc1cc(N2CCC(Br)C2)ncn1. The number of aromatic nitrogens is 2. The van der Waals surface area contributed by atoms with Crippen molar-refractivity contribution in [3.05, 3.63) is 18.1 Å². The van der Waals surface area contributed by atoms with Crippen molar-refractivity contribution in [1.82, 2.24) is 9.97 Å². The lowest BCUT2D eigenvalue weighted by atomic mass is 10.4. The zero-order valence-corrected chi connectivity index (χ0v) is 9.16. The molecule has 0 spiro atoms. The van der Waals surface area contributed by atoms with E-state index in [2.05, 4.69) is 30.8 Å². The van der Waals surface area contributed by atoms with Crippen LogP contribution in [0.3, 0.4) is 0 Å². The summed E-state index contributed by atoms with van der Waals surface area (Å²) in [7, 11) is 0. The Morgan fingerprint density at radius 2 is 2.38 bits per heavy atom. The highest BCUT2D eigenvalue weighted by molar-refractivity contribution is 9.09. The van der Waals surface area contributed by atoms with Gasteiger partial charge in [0.15, 0.2) is 0 Å². The van der Waals surface area contributed by atoms with Crippen LogP contribution in [0.4, 0.5) is 5.82 Å². The summed E-state index contributed by atoms with van der Waals surface area (Å²) in [6, 6.07) is 2.03. The molecule has 0 N–H and O–H groups in total. The zero-order valence-electron chi connectivity index (χ0n) is 7.57. The second kappa shape index (κ2) is 3.62. The van der Waals surface area contributed by atoms with E-state index < -0.39 is 0 Å². The smallest absolute Gasteiger partial charge is 0.132 e. The van der Waals surface area contributed by atoms with Gasteiger partial charge in [0.2, 0.25) is 0 Å². The van der Waals surface area contributed by atoms with Crippen LogP contribution in [0.25, 0.3) is 0 Å². The van der Waals surface area contributed by atoms with Crippen LogP contribution in [0.5, 0.6) is 0 Å². The van der Waals surface area contributed by atoms with Crippen LogP contribution in [0.15, 0.2) is 12.4 Å². The summed E-state index contributed by atoms with van der Waals surface area (Å²) in [6.07, 6.45) is 2.83. The molecule has 70 valence electrons. The number of nitrogens with zero attached hydrogens (tertiary/aromatic N) is 3. The molecular weight excluding hydrogens is 230 g/mol. The van der Waals surface area contributed by atoms with E-state index in [-0.39, 0.29) is 0 Å². The lowest BCUT2D eigenvalue weighted by Crippen LogP contribution is -2.20. The van der Waals surface area contributed by atoms with Crippen LogP contribution in [-0.2, 0) is 0 Å². The highest BCUT2D eigenvalue weighted by atomic mass is 79.9. The molecule has 13 heavy (non-hydrogen) atoms. The van der Waals surface area contributed by atoms with Crippen molar-refractivity contribution >= 4 is 21.7 Å². The van der Waals surface area contributed by atoms with Gasteiger partial charge in [-0.1, -0.05) is 15.9 Å². The van der Waals surface area contributed by atoms with E-state index in [1.165, 1.54) is 6.42 Å². The van der Waals surface area contributed by atoms with Crippen LogP contribution in [0.2, 0.25) is 0 Å². The molecule has 1 saturated heterocycles. The van der Waals surface area contributed by atoms with Gasteiger partial charge >= 0.3 is 0 Å². The fourth-order valence-electron chi connectivity index (χ4n) is 1.54. The molecule has 1 aliphatic rings. The van der Waals surface area contributed by atoms with Gasteiger partial charge in [0, 0.05) is 29.7 Å². The van der Waals surface area contributed by atoms with Crippen molar-refractivity contribution in [3.63, 3.8) is 0 Å². The minimum Gasteiger partial charge on any atom is -0.355 e. The van der Waals surface area contributed by atoms with Crippen molar-refractivity contribution in [1.29, 1.82) is 0 Å². The molecule has 2 heterocycles. The first-order valence-electron chi connectivity index (χ1n) is 4.43. The predicted octanol–water partition coefficient (Wildman–Crippen LogP) is 1.76. The number of alkyl halides is 1. The molecule has 1 unspecified atom stereocenters. The summed E-state index contributed by atoms with van der Waals surface area (Å²) >= 11 is 3.61. The Bertz CT molecular complexity index is 303. The monoisotopic (exact) mass is 241 g/mol. The molecule has 1 atom stereocenters. The summed E-state index contributed by atoms with van der Waals surface area (Å²) in [5.41, 5.74) is 1.03. The molecular formula is C9H12BrN3. The van der Waals surface area contributed by atoms with Gasteiger partial charge in [-0.2, -0.15) is 0 Å². The quantitative estimate of drug-likeness (QED) is 0.702. The highest BCUT2D eigenvalue weighted by Crippen LogP contribution is 2.21. The van der Waals surface area contributed by atoms with Crippen LogP contribution < -0.4 is 4.90 Å². The summed E-state index contributed by atoms with van der Waals surface area (Å²) < 4.78 is 0. The number of hydrogen-bond donors (Lipinski definition) is 0. The first-order chi connectivity index (χ1) is 6.25. The topological polar surface area (TPSA) is 29.0 Å². The summed E-state index contributed by atoms with van der Waals surface area (Å²) in [5, 5.41) is 0. The maximum Gasteiger partial charge on any atom is 0.132 e. The minimum absolute atomic E-state index is 0.614. The highest BCUT2D eigenvalue weighted by Gasteiger charge is 2.20. The van der Waals surface area contributed by atoms with Gasteiger partial charge in [-0.15, -0.1) is 0 Å². The Balaban J connectivity index is 2.16. The Labute approximate surface area is 86.3 Å². The molecule has 0 aliphatic carbocycles. The Morgan fingerprint density at radius 1 is 1.54 bits per heavy atom. The molecule has 1 aromatic heterocycles. The van der Waals surface area contributed by atoms with Crippen LogP contribution in [-0.4, -0.2) is 27.9 Å². The van der Waals surface area contributed by atoms with Crippen LogP contribution in [0, 0.1) is 6.92 Å². The average molecular weight is 242 g/mol. The number of hydrogen-bond acceptors (Lipinski definition) is 3. The Morgan fingerprint density at radius 3 is 3.00 bits per heavy atom. The molecule has 1 aromatic rings. The third-order valence-electron chi connectivity index (χ3n) is 2.24. The summed E-state index contributed by atoms with van der Waals surface area (Å²) in [5.74, 6) is 1.05. The largest absolute Gasteiger partial charge is 0.355 e. The Hall–Kier alpha value is -0.640. The van der Waals surface area contributed by atoms with Crippen molar-refractivity contribution in [2.45, 2.75) is 18.2 Å². The van der Waals surface area contributed by atoms with Gasteiger partial charge in [0.05, 0.1) is 0 Å². The third-order valence-corrected chi connectivity index (χ3v) is 2.99. The third kappa shape index (κ3) is 1.99. The molecule has 2 rings (SSSR count). The molecule has 0 amide bonds. The molecule has 0 bridgehead atoms. The van der Waals surface area contributed by atoms with E-state index in [1.54, 1.807) is 6.33 Å². The standard InChI is InChI=1S/C9H12BrN3/c1-7-4-9(12-6-11-7)13-3-2-8(10)5-13/h4,6,8H,2-3,5H2,1H3. The van der Waals surface area contributed by atoms with Crippen LogP contribution >= 0.6 is 15.9 Å². The number of halogens is 1. The van der Waals surface area contributed by atoms with Gasteiger partial charge in [-0.05, 0) is 13.3 Å². The van der Waals surface area contributed by atoms with Crippen molar-refractivity contribution in [2.24, 2.45) is 0 Å². The lowest BCUT2D eigenvalue weighted by molar-refractivity contribution is 0.921. The minimum atomic E-state index is 0.614. The van der Waals surface area contributed by atoms with Crippen molar-refractivity contribution in [2.75, 3.05) is 18.0 Å². The molecule has 0 aromatic carbocycles. The van der Waals surface area contributed by atoms with E-state index in [0.717, 1.165) is 24.6 Å². The van der Waals surface area contributed by atoms with E-state index in [9.17, 15) is 0 Å². The van der Waals surface area contributed by atoms with Gasteiger partial charge in [0.25, 0.3) is 0 Å². The first-order valence-corrected chi connectivity index (χ1v) is 5.35. The molecule has 1 fully saturated rings. The molecule has 0 radical (unpaired) electrons. The first kappa shape index (κ1) is 8.94.